The first-order valence-electron chi connectivity index (χ1n) is 7.42. The Morgan fingerprint density at radius 2 is 2.08 bits per heavy atom. The Kier molecular flexibility index (Phi) is 4.78. The van der Waals surface area contributed by atoms with Gasteiger partial charge in [0.15, 0.2) is 0 Å². The van der Waals surface area contributed by atoms with Gasteiger partial charge >= 0.3 is 6.61 Å². The summed E-state index contributed by atoms with van der Waals surface area (Å²) < 4.78 is 36.3. The monoisotopic (exact) mass is 346 g/mol. The van der Waals surface area contributed by atoms with Crippen LogP contribution in [0.4, 0.5) is 14.6 Å². The number of pyridine rings is 1. The molecule has 0 aliphatic rings. The quantitative estimate of drug-likeness (QED) is 0.742. The highest BCUT2D eigenvalue weighted by molar-refractivity contribution is 5.70. The normalized spacial score (nSPS) is 10.9. The summed E-state index contributed by atoms with van der Waals surface area (Å²) in [5.74, 6) is 0.885. The highest BCUT2D eigenvalue weighted by Crippen LogP contribution is 2.31. The van der Waals surface area contributed by atoms with Crippen molar-refractivity contribution in [3.8, 4) is 22.8 Å². The average molecular weight is 346 g/mol. The van der Waals surface area contributed by atoms with Gasteiger partial charge in [-0.05, 0) is 35.4 Å². The SMILES string of the molecule is COc1ncc(Cn2ccc(N)n2)cc1-c1cccc(OC(F)F)c1. The Morgan fingerprint density at radius 3 is 2.76 bits per heavy atom. The van der Waals surface area contributed by atoms with Gasteiger partial charge in [0.2, 0.25) is 5.88 Å². The molecule has 6 nitrogen and oxygen atoms in total. The van der Waals surface area contributed by atoms with Crippen molar-refractivity contribution < 1.29 is 18.3 Å². The van der Waals surface area contributed by atoms with Crippen LogP contribution in [0.15, 0.2) is 48.8 Å². The summed E-state index contributed by atoms with van der Waals surface area (Å²) in [6, 6.07) is 9.95. The van der Waals surface area contributed by atoms with Crippen molar-refractivity contribution in [2.75, 3.05) is 12.8 Å². The number of hydrogen-bond donors (Lipinski definition) is 1. The maximum Gasteiger partial charge on any atom is 0.387 e. The zero-order chi connectivity index (χ0) is 17.8. The van der Waals surface area contributed by atoms with Gasteiger partial charge in [0.05, 0.1) is 13.7 Å². The van der Waals surface area contributed by atoms with Crippen LogP contribution in [0.5, 0.6) is 11.6 Å². The van der Waals surface area contributed by atoms with Crippen LogP contribution >= 0.6 is 0 Å². The number of nitrogen functional groups attached to an aromatic ring is 1. The molecule has 8 heteroatoms. The van der Waals surface area contributed by atoms with Crippen molar-refractivity contribution in [2.24, 2.45) is 0 Å². The number of ether oxygens (including phenoxy) is 2. The predicted molar refractivity (Wildman–Crippen MR) is 88.6 cm³/mol. The fraction of sp³-hybridized carbons (Fsp3) is 0.176. The van der Waals surface area contributed by atoms with E-state index in [0.717, 1.165) is 5.56 Å². The molecule has 25 heavy (non-hydrogen) atoms. The molecule has 2 aromatic heterocycles. The molecule has 0 atom stereocenters. The number of nitrogens with zero attached hydrogens (tertiary/aromatic N) is 3. The highest BCUT2D eigenvalue weighted by atomic mass is 19.3. The molecular weight excluding hydrogens is 330 g/mol. The Bertz CT molecular complexity index is 867. The molecule has 0 saturated heterocycles. The van der Waals surface area contributed by atoms with Crippen LogP contribution in [-0.4, -0.2) is 28.5 Å². The third-order valence-corrected chi connectivity index (χ3v) is 3.48. The van der Waals surface area contributed by atoms with Crippen molar-refractivity contribution in [2.45, 2.75) is 13.2 Å². The lowest BCUT2D eigenvalue weighted by Crippen LogP contribution is -2.03. The molecule has 0 spiro atoms. The fourth-order valence-corrected chi connectivity index (χ4v) is 2.44. The minimum atomic E-state index is -2.88. The average Bonchev–Trinajstić information content (AvgIpc) is 2.99. The van der Waals surface area contributed by atoms with Gasteiger partial charge in [-0.1, -0.05) is 12.1 Å². The van der Waals surface area contributed by atoms with Gasteiger partial charge in [-0.3, -0.25) is 4.68 Å². The van der Waals surface area contributed by atoms with Crippen LogP contribution in [0.25, 0.3) is 11.1 Å². The number of halogens is 2. The molecule has 0 saturated carbocycles. The van der Waals surface area contributed by atoms with Crippen LogP contribution in [0.1, 0.15) is 5.56 Å². The molecule has 0 bridgehead atoms. The third kappa shape index (κ3) is 4.03. The molecule has 1 aromatic carbocycles. The van der Waals surface area contributed by atoms with Crippen LogP contribution < -0.4 is 15.2 Å². The lowest BCUT2D eigenvalue weighted by Gasteiger charge is -2.12. The standard InChI is InChI=1S/C17H16F2N4O2/c1-24-16-14(12-3-2-4-13(8-12)25-17(18)19)7-11(9-21-16)10-23-6-5-15(20)22-23/h2-9,17H,10H2,1H3,(H2,20,22). The minimum Gasteiger partial charge on any atom is -0.481 e. The highest BCUT2D eigenvalue weighted by Gasteiger charge is 2.12. The maximum atomic E-state index is 12.4. The fourth-order valence-electron chi connectivity index (χ4n) is 2.44. The van der Waals surface area contributed by atoms with E-state index < -0.39 is 6.61 Å². The van der Waals surface area contributed by atoms with Crippen LogP contribution in [0.2, 0.25) is 0 Å². The summed E-state index contributed by atoms with van der Waals surface area (Å²) in [6.07, 6.45) is 3.43. The zero-order valence-corrected chi connectivity index (χ0v) is 13.4. The van der Waals surface area contributed by atoms with Crippen molar-refractivity contribution in [1.82, 2.24) is 14.8 Å². The summed E-state index contributed by atoms with van der Waals surface area (Å²) in [5, 5.41) is 4.13. The van der Waals surface area contributed by atoms with E-state index in [-0.39, 0.29) is 5.75 Å². The summed E-state index contributed by atoms with van der Waals surface area (Å²) in [7, 11) is 1.50. The van der Waals surface area contributed by atoms with Crippen molar-refractivity contribution in [3.63, 3.8) is 0 Å². The van der Waals surface area contributed by atoms with E-state index in [9.17, 15) is 8.78 Å². The molecule has 0 aliphatic heterocycles. The molecule has 0 amide bonds. The van der Waals surface area contributed by atoms with Gasteiger partial charge in [0, 0.05) is 18.0 Å². The van der Waals surface area contributed by atoms with Crippen molar-refractivity contribution in [3.05, 3.63) is 54.4 Å². The molecule has 2 N–H and O–H groups in total. The smallest absolute Gasteiger partial charge is 0.387 e. The minimum absolute atomic E-state index is 0.0693. The Morgan fingerprint density at radius 1 is 1.24 bits per heavy atom. The van der Waals surface area contributed by atoms with Gasteiger partial charge in [-0.25, -0.2) is 4.98 Å². The third-order valence-electron chi connectivity index (χ3n) is 3.48. The van der Waals surface area contributed by atoms with E-state index in [0.29, 0.717) is 29.4 Å². The van der Waals surface area contributed by atoms with E-state index in [4.69, 9.17) is 10.5 Å². The summed E-state index contributed by atoms with van der Waals surface area (Å²) >= 11 is 0. The van der Waals surface area contributed by atoms with Crippen LogP contribution in [-0.2, 0) is 6.54 Å². The van der Waals surface area contributed by atoms with Gasteiger partial charge in [-0.15, -0.1) is 0 Å². The second-order valence-corrected chi connectivity index (χ2v) is 5.24. The van der Waals surface area contributed by atoms with E-state index in [1.165, 1.54) is 19.2 Å². The van der Waals surface area contributed by atoms with Crippen molar-refractivity contribution in [1.29, 1.82) is 0 Å². The van der Waals surface area contributed by atoms with Gasteiger partial charge in [-0.2, -0.15) is 13.9 Å². The molecule has 0 fully saturated rings. The molecule has 0 aliphatic carbocycles. The van der Waals surface area contributed by atoms with Crippen LogP contribution in [0, 0.1) is 0 Å². The van der Waals surface area contributed by atoms with Crippen molar-refractivity contribution >= 4 is 5.82 Å². The second kappa shape index (κ2) is 7.16. The Labute approximate surface area is 142 Å². The lowest BCUT2D eigenvalue weighted by atomic mass is 10.0. The molecule has 3 rings (SSSR count). The maximum absolute atomic E-state index is 12.4. The lowest BCUT2D eigenvalue weighted by molar-refractivity contribution is -0.0498. The topological polar surface area (TPSA) is 75.2 Å². The van der Waals surface area contributed by atoms with Gasteiger partial charge < -0.3 is 15.2 Å². The Balaban J connectivity index is 1.95. The largest absolute Gasteiger partial charge is 0.481 e. The number of anilines is 1. The summed E-state index contributed by atoms with van der Waals surface area (Å²) in [4.78, 5) is 4.28. The number of benzene rings is 1. The molecule has 0 unspecified atom stereocenters. The zero-order valence-electron chi connectivity index (χ0n) is 13.4. The first-order valence-corrected chi connectivity index (χ1v) is 7.42. The van der Waals surface area contributed by atoms with E-state index in [1.54, 1.807) is 35.3 Å². The second-order valence-electron chi connectivity index (χ2n) is 5.24. The van der Waals surface area contributed by atoms with Gasteiger partial charge in [0.25, 0.3) is 0 Å². The number of methoxy groups -OCH3 is 1. The number of rotatable bonds is 6. The molecule has 3 aromatic rings. The molecular formula is C17H16F2N4O2. The Hall–Kier alpha value is -3.16. The van der Waals surface area contributed by atoms with Crippen LogP contribution in [0.3, 0.4) is 0 Å². The van der Waals surface area contributed by atoms with E-state index in [2.05, 4.69) is 14.8 Å². The predicted octanol–water partition coefficient (Wildman–Crippen LogP) is 3.19. The van der Waals surface area contributed by atoms with Gasteiger partial charge in [0.1, 0.15) is 11.6 Å². The number of nitrogens with two attached hydrogens (primary N) is 1. The first kappa shape index (κ1) is 16.7. The number of alkyl halides is 2. The molecule has 0 radical (unpaired) electrons. The number of aromatic nitrogens is 3. The first-order chi connectivity index (χ1) is 12.0. The summed E-state index contributed by atoms with van der Waals surface area (Å²) in [5.41, 5.74) is 7.80. The van der Waals surface area contributed by atoms with E-state index >= 15 is 0 Å². The molecule has 2 heterocycles. The molecule has 130 valence electrons. The summed E-state index contributed by atoms with van der Waals surface area (Å²) in [6.45, 7) is -2.42. The number of hydrogen-bond acceptors (Lipinski definition) is 5. The van der Waals surface area contributed by atoms with E-state index in [1.807, 2.05) is 6.07 Å².